The Kier molecular flexibility index (Phi) is 4.29. The second-order valence-corrected chi connectivity index (χ2v) is 4.58. The first-order valence-electron chi connectivity index (χ1n) is 5.64. The van der Waals surface area contributed by atoms with Crippen LogP contribution < -0.4 is 5.32 Å². The van der Waals surface area contributed by atoms with Crippen molar-refractivity contribution in [1.29, 1.82) is 0 Å². The summed E-state index contributed by atoms with van der Waals surface area (Å²) in [5, 5.41) is 20.5. The smallest absolute Gasteiger partial charge is 0.328 e. The number of hydrogen-bond acceptors (Lipinski definition) is 3. The Bertz CT molecular complexity index is 277. The van der Waals surface area contributed by atoms with E-state index in [9.17, 15) is 14.7 Å². The fourth-order valence-electron chi connectivity index (χ4n) is 2.18. The molecule has 3 N–H and O–H groups in total. The Morgan fingerprint density at radius 3 is 2.38 bits per heavy atom. The van der Waals surface area contributed by atoms with Crippen molar-refractivity contribution in [3.63, 3.8) is 0 Å². The van der Waals surface area contributed by atoms with E-state index in [-0.39, 0.29) is 11.8 Å². The van der Waals surface area contributed by atoms with Crippen LogP contribution in [0.2, 0.25) is 0 Å². The van der Waals surface area contributed by atoms with Crippen LogP contribution in [-0.2, 0) is 9.59 Å². The molecule has 1 aliphatic rings. The molecule has 1 saturated carbocycles. The van der Waals surface area contributed by atoms with Crippen molar-refractivity contribution in [3.8, 4) is 0 Å². The highest BCUT2D eigenvalue weighted by Gasteiger charge is 2.33. The third-order valence-corrected chi connectivity index (χ3v) is 3.24. The molecule has 1 amide bonds. The van der Waals surface area contributed by atoms with Gasteiger partial charge in [0.1, 0.15) is 0 Å². The van der Waals surface area contributed by atoms with Gasteiger partial charge in [0.05, 0.1) is 6.10 Å². The number of amides is 1. The van der Waals surface area contributed by atoms with E-state index in [4.69, 9.17) is 5.11 Å². The van der Waals surface area contributed by atoms with Crippen molar-refractivity contribution in [1.82, 2.24) is 5.32 Å². The van der Waals surface area contributed by atoms with Gasteiger partial charge in [0.2, 0.25) is 5.91 Å². The van der Waals surface area contributed by atoms with Crippen LogP contribution in [0.3, 0.4) is 0 Å². The van der Waals surface area contributed by atoms with Crippen molar-refractivity contribution in [2.45, 2.75) is 45.3 Å². The Hall–Kier alpha value is -1.10. The Morgan fingerprint density at radius 2 is 2.00 bits per heavy atom. The van der Waals surface area contributed by atoms with Crippen LogP contribution in [-0.4, -0.2) is 34.2 Å². The summed E-state index contributed by atoms with van der Waals surface area (Å²) >= 11 is 0. The van der Waals surface area contributed by atoms with E-state index in [0.717, 1.165) is 19.3 Å². The number of carboxylic acids is 1. The van der Waals surface area contributed by atoms with E-state index >= 15 is 0 Å². The van der Waals surface area contributed by atoms with Gasteiger partial charge in [0.15, 0.2) is 6.04 Å². The fraction of sp³-hybridized carbons (Fsp3) is 0.818. The van der Waals surface area contributed by atoms with Gasteiger partial charge in [-0.1, -0.05) is 13.3 Å². The van der Waals surface area contributed by atoms with Crippen molar-refractivity contribution >= 4 is 11.9 Å². The first-order valence-corrected chi connectivity index (χ1v) is 5.64. The number of aliphatic hydroxyl groups is 1. The number of carboxylic acid groups (broad SMARTS) is 1. The van der Waals surface area contributed by atoms with E-state index in [1.54, 1.807) is 0 Å². The molecule has 0 saturated heterocycles. The maximum atomic E-state index is 11.8. The zero-order chi connectivity index (χ0) is 12.3. The average molecular weight is 229 g/mol. The Morgan fingerprint density at radius 1 is 1.38 bits per heavy atom. The number of carbonyl (C=O) groups is 2. The Labute approximate surface area is 94.8 Å². The van der Waals surface area contributed by atoms with Crippen LogP contribution in [0.4, 0.5) is 0 Å². The van der Waals surface area contributed by atoms with E-state index in [0.29, 0.717) is 5.92 Å². The van der Waals surface area contributed by atoms with Gasteiger partial charge in [-0.05, 0) is 25.7 Å². The van der Waals surface area contributed by atoms with Crippen LogP contribution in [0.5, 0.6) is 0 Å². The summed E-state index contributed by atoms with van der Waals surface area (Å²) in [6.07, 6.45) is 1.73. The minimum absolute atomic E-state index is 0.111. The van der Waals surface area contributed by atoms with Crippen LogP contribution in [0.25, 0.3) is 0 Å². The summed E-state index contributed by atoms with van der Waals surface area (Å²) in [7, 11) is 0. The molecule has 1 fully saturated rings. The van der Waals surface area contributed by atoms with E-state index in [1.807, 2.05) is 6.92 Å². The fourth-order valence-corrected chi connectivity index (χ4v) is 2.18. The number of rotatable bonds is 4. The van der Waals surface area contributed by atoms with Gasteiger partial charge in [-0.25, -0.2) is 4.79 Å². The maximum absolute atomic E-state index is 11.8. The second-order valence-electron chi connectivity index (χ2n) is 4.58. The third-order valence-electron chi connectivity index (χ3n) is 3.24. The minimum Gasteiger partial charge on any atom is -0.480 e. The summed E-state index contributed by atoms with van der Waals surface area (Å²) in [5.41, 5.74) is 0. The highest BCUT2D eigenvalue weighted by atomic mass is 16.4. The molecule has 4 atom stereocenters. The monoisotopic (exact) mass is 229 g/mol. The van der Waals surface area contributed by atoms with Gasteiger partial charge in [-0.2, -0.15) is 0 Å². The third kappa shape index (κ3) is 2.95. The predicted octanol–water partition coefficient (Wildman–Crippen LogP) is 0.373. The summed E-state index contributed by atoms with van der Waals surface area (Å²) in [6, 6.07) is -1.21. The molecule has 5 heteroatoms. The largest absolute Gasteiger partial charge is 0.480 e. The van der Waals surface area contributed by atoms with E-state index in [2.05, 4.69) is 5.32 Å². The molecule has 4 unspecified atom stereocenters. The lowest BCUT2D eigenvalue weighted by atomic mass is 9.96. The lowest BCUT2D eigenvalue weighted by Crippen LogP contribution is -2.49. The van der Waals surface area contributed by atoms with Crippen molar-refractivity contribution < 1.29 is 19.8 Å². The van der Waals surface area contributed by atoms with Crippen LogP contribution in [0, 0.1) is 11.8 Å². The van der Waals surface area contributed by atoms with Crippen molar-refractivity contribution in [2.75, 3.05) is 0 Å². The van der Waals surface area contributed by atoms with Crippen LogP contribution in [0.1, 0.15) is 33.1 Å². The highest BCUT2D eigenvalue weighted by molar-refractivity contribution is 5.85. The molecule has 1 aliphatic carbocycles. The first-order chi connectivity index (χ1) is 7.43. The standard InChI is InChI=1S/C11H19NO4/c1-6-4-3-5-8(6)10(14)12-9(7(2)13)11(15)16/h6-9,13H,3-5H2,1-2H3,(H,12,14)(H,15,16). The van der Waals surface area contributed by atoms with Crippen molar-refractivity contribution in [2.24, 2.45) is 11.8 Å². The molecule has 0 aromatic heterocycles. The first kappa shape index (κ1) is 13.0. The molecule has 0 radical (unpaired) electrons. The number of aliphatic hydroxyl groups excluding tert-OH is 1. The van der Waals surface area contributed by atoms with Gasteiger partial charge in [-0.3, -0.25) is 4.79 Å². The number of carbonyl (C=O) groups excluding carboxylic acids is 1. The summed E-state index contributed by atoms with van der Waals surface area (Å²) in [4.78, 5) is 22.6. The predicted molar refractivity (Wildman–Crippen MR) is 57.8 cm³/mol. The zero-order valence-electron chi connectivity index (χ0n) is 9.64. The minimum atomic E-state index is -1.21. The van der Waals surface area contributed by atoms with Crippen molar-refractivity contribution in [3.05, 3.63) is 0 Å². The molecule has 0 aliphatic heterocycles. The van der Waals surface area contributed by atoms with Gasteiger partial charge in [0, 0.05) is 5.92 Å². The molecule has 1 rings (SSSR count). The molecule has 92 valence electrons. The van der Waals surface area contributed by atoms with Gasteiger partial charge < -0.3 is 15.5 Å². The zero-order valence-corrected chi connectivity index (χ0v) is 9.64. The normalized spacial score (nSPS) is 28.4. The molecular formula is C11H19NO4. The lowest BCUT2D eigenvalue weighted by Gasteiger charge is -2.21. The molecule has 0 aromatic carbocycles. The molecule has 5 nitrogen and oxygen atoms in total. The van der Waals surface area contributed by atoms with Gasteiger partial charge >= 0.3 is 5.97 Å². The van der Waals surface area contributed by atoms with Crippen LogP contribution in [0.15, 0.2) is 0 Å². The number of nitrogens with one attached hydrogen (secondary N) is 1. The van der Waals surface area contributed by atoms with Gasteiger partial charge in [0.25, 0.3) is 0 Å². The summed E-state index contributed by atoms with van der Waals surface area (Å²) in [6.45, 7) is 3.35. The maximum Gasteiger partial charge on any atom is 0.328 e. The molecule has 0 aromatic rings. The number of hydrogen-bond donors (Lipinski definition) is 3. The highest BCUT2D eigenvalue weighted by Crippen LogP contribution is 2.31. The molecule has 0 bridgehead atoms. The lowest BCUT2D eigenvalue weighted by molar-refractivity contribution is -0.145. The molecule has 0 heterocycles. The molecule has 0 spiro atoms. The van der Waals surface area contributed by atoms with Gasteiger partial charge in [-0.15, -0.1) is 0 Å². The quantitative estimate of drug-likeness (QED) is 0.650. The summed E-state index contributed by atoms with van der Waals surface area (Å²) < 4.78 is 0. The number of aliphatic carboxylic acids is 1. The topological polar surface area (TPSA) is 86.6 Å². The Balaban J connectivity index is 2.58. The van der Waals surface area contributed by atoms with E-state index < -0.39 is 18.1 Å². The average Bonchev–Trinajstić information content (AvgIpc) is 2.59. The second kappa shape index (κ2) is 5.30. The van der Waals surface area contributed by atoms with Crippen LogP contribution >= 0.6 is 0 Å². The summed E-state index contributed by atoms with van der Waals surface area (Å²) in [5.74, 6) is -1.27. The van der Waals surface area contributed by atoms with E-state index in [1.165, 1.54) is 6.92 Å². The molecule has 16 heavy (non-hydrogen) atoms. The molecular weight excluding hydrogens is 210 g/mol. The SMILES string of the molecule is CC(O)C(NC(=O)C1CCCC1C)C(=O)O.